The lowest BCUT2D eigenvalue weighted by atomic mass is 10.1. The summed E-state index contributed by atoms with van der Waals surface area (Å²) in [6.45, 7) is 2.91. The third-order valence-corrected chi connectivity index (χ3v) is 5.71. The molecule has 0 aliphatic carbocycles. The molecule has 0 N–H and O–H groups in total. The average molecular weight is 399 g/mol. The van der Waals surface area contributed by atoms with Crippen molar-refractivity contribution >= 4 is 11.6 Å². The number of halogens is 2. The standard InChI is InChI=1S/C22H24ClFN4/c1-26(2)19-11-12-27(15-19)13-16-14-28(18-9-7-17(24)8-10-18)25-22(16)20-5-3-4-6-21(20)23/h3-10,14,19H,11-13,15H2,1-2H3/t19-/m1/s1. The summed E-state index contributed by atoms with van der Waals surface area (Å²) in [5.74, 6) is -0.255. The molecule has 0 amide bonds. The number of likely N-dealkylation sites (tertiary alicyclic amines) is 1. The van der Waals surface area contributed by atoms with Crippen molar-refractivity contribution in [1.29, 1.82) is 0 Å². The maximum atomic E-state index is 13.3. The summed E-state index contributed by atoms with van der Waals surface area (Å²) in [7, 11) is 4.27. The van der Waals surface area contributed by atoms with Crippen molar-refractivity contribution < 1.29 is 4.39 Å². The van der Waals surface area contributed by atoms with E-state index >= 15 is 0 Å². The monoisotopic (exact) mass is 398 g/mol. The molecule has 28 heavy (non-hydrogen) atoms. The fraction of sp³-hybridized carbons (Fsp3) is 0.318. The maximum absolute atomic E-state index is 13.3. The molecular formula is C22H24ClFN4. The Balaban J connectivity index is 1.69. The molecule has 2 heterocycles. The molecule has 1 aliphatic rings. The van der Waals surface area contributed by atoms with E-state index in [-0.39, 0.29) is 5.82 Å². The SMILES string of the molecule is CN(C)[C@@H]1CCN(Cc2cn(-c3ccc(F)cc3)nc2-c2ccccc2Cl)C1. The molecule has 1 aliphatic heterocycles. The number of likely N-dealkylation sites (N-methyl/N-ethyl adjacent to an activating group) is 1. The number of nitrogens with zero attached hydrogens (tertiary/aromatic N) is 4. The highest BCUT2D eigenvalue weighted by molar-refractivity contribution is 6.33. The molecule has 1 atom stereocenters. The second-order valence-corrected chi connectivity index (χ2v) is 7.95. The van der Waals surface area contributed by atoms with Crippen LogP contribution in [0.15, 0.2) is 54.7 Å². The molecule has 2 aromatic carbocycles. The van der Waals surface area contributed by atoms with E-state index in [0.29, 0.717) is 11.1 Å². The molecule has 0 saturated carbocycles. The molecular weight excluding hydrogens is 375 g/mol. The summed E-state index contributed by atoms with van der Waals surface area (Å²) in [5.41, 5.74) is 3.75. The highest BCUT2D eigenvalue weighted by atomic mass is 35.5. The Bertz CT molecular complexity index is 951. The van der Waals surface area contributed by atoms with Gasteiger partial charge in [-0.2, -0.15) is 5.10 Å². The molecule has 6 heteroatoms. The van der Waals surface area contributed by atoms with Crippen LogP contribution in [0.25, 0.3) is 16.9 Å². The summed E-state index contributed by atoms with van der Waals surface area (Å²) in [5, 5.41) is 5.49. The maximum Gasteiger partial charge on any atom is 0.123 e. The van der Waals surface area contributed by atoms with Crippen LogP contribution in [0.2, 0.25) is 5.02 Å². The van der Waals surface area contributed by atoms with Crippen LogP contribution in [-0.2, 0) is 6.54 Å². The molecule has 1 saturated heterocycles. The Morgan fingerprint density at radius 2 is 1.89 bits per heavy atom. The van der Waals surface area contributed by atoms with E-state index in [1.807, 2.05) is 35.1 Å². The third kappa shape index (κ3) is 3.97. The molecule has 146 valence electrons. The zero-order valence-corrected chi connectivity index (χ0v) is 16.9. The number of hydrogen-bond donors (Lipinski definition) is 0. The van der Waals surface area contributed by atoms with Crippen molar-refractivity contribution in [3.05, 3.63) is 71.1 Å². The second-order valence-electron chi connectivity index (χ2n) is 7.55. The van der Waals surface area contributed by atoms with Crippen LogP contribution in [0.1, 0.15) is 12.0 Å². The predicted octanol–water partition coefficient (Wildman–Crippen LogP) is 4.47. The van der Waals surface area contributed by atoms with Gasteiger partial charge in [0.1, 0.15) is 5.82 Å². The van der Waals surface area contributed by atoms with Crippen LogP contribution in [0.3, 0.4) is 0 Å². The predicted molar refractivity (Wildman–Crippen MR) is 111 cm³/mol. The summed E-state index contributed by atoms with van der Waals surface area (Å²) in [6.07, 6.45) is 3.20. The van der Waals surface area contributed by atoms with E-state index in [0.717, 1.165) is 42.1 Å². The lowest BCUT2D eigenvalue weighted by Gasteiger charge is -2.20. The third-order valence-electron chi connectivity index (χ3n) is 5.38. The van der Waals surface area contributed by atoms with Gasteiger partial charge in [-0.05, 0) is 50.8 Å². The van der Waals surface area contributed by atoms with Crippen LogP contribution >= 0.6 is 11.6 Å². The van der Waals surface area contributed by atoms with Crippen LogP contribution < -0.4 is 0 Å². The van der Waals surface area contributed by atoms with Crippen molar-refractivity contribution in [1.82, 2.24) is 19.6 Å². The van der Waals surface area contributed by atoms with Crippen LogP contribution in [-0.4, -0.2) is 52.8 Å². The highest BCUT2D eigenvalue weighted by Crippen LogP contribution is 2.31. The minimum Gasteiger partial charge on any atom is -0.305 e. The second kappa shape index (κ2) is 8.03. The summed E-state index contributed by atoms with van der Waals surface area (Å²) in [4.78, 5) is 4.74. The van der Waals surface area contributed by atoms with Crippen LogP contribution in [0.4, 0.5) is 4.39 Å². The fourth-order valence-corrected chi connectivity index (χ4v) is 3.97. The zero-order chi connectivity index (χ0) is 19.7. The van der Waals surface area contributed by atoms with E-state index in [1.165, 1.54) is 18.6 Å². The van der Waals surface area contributed by atoms with Gasteiger partial charge in [0, 0.05) is 43.0 Å². The number of rotatable bonds is 5. The first-order chi connectivity index (χ1) is 13.5. The van der Waals surface area contributed by atoms with Gasteiger partial charge < -0.3 is 4.90 Å². The average Bonchev–Trinajstić information content (AvgIpc) is 3.31. The van der Waals surface area contributed by atoms with E-state index < -0.39 is 0 Å². The lowest BCUT2D eigenvalue weighted by molar-refractivity contribution is 0.265. The van der Waals surface area contributed by atoms with Gasteiger partial charge in [-0.3, -0.25) is 4.90 Å². The summed E-state index contributed by atoms with van der Waals surface area (Å²) < 4.78 is 15.1. The van der Waals surface area contributed by atoms with Crippen molar-refractivity contribution in [3.63, 3.8) is 0 Å². The first-order valence-corrected chi connectivity index (χ1v) is 9.87. The van der Waals surface area contributed by atoms with E-state index in [4.69, 9.17) is 16.7 Å². The largest absolute Gasteiger partial charge is 0.305 e. The Morgan fingerprint density at radius 1 is 1.14 bits per heavy atom. The Hall–Kier alpha value is -2.21. The Kier molecular flexibility index (Phi) is 5.49. The van der Waals surface area contributed by atoms with Crippen molar-refractivity contribution in [2.45, 2.75) is 19.0 Å². The van der Waals surface area contributed by atoms with E-state index in [1.54, 1.807) is 12.1 Å². The van der Waals surface area contributed by atoms with Crippen LogP contribution in [0, 0.1) is 5.82 Å². The molecule has 3 aromatic rings. The first-order valence-electron chi connectivity index (χ1n) is 9.49. The first kappa shape index (κ1) is 19.1. The van der Waals surface area contributed by atoms with Gasteiger partial charge in [0.15, 0.2) is 0 Å². The van der Waals surface area contributed by atoms with Gasteiger partial charge >= 0.3 is 0 Å². The van der Waals surface area contributed by atoms with E-state index in [9.17, 15) is 4.39 Å². The molecule has 0 bridgehead atoms. The van der Waals surface area contributed by atoms with Crippen molar-refractivity contribution in [2.75, 3.05) is 27.2 Å². The highest BCUT2D eigenvalue weighted by Gasteiger charge is 2.25. The van der Waals surface area contributed by atoms with Crippen molar-refractivity contribution in [2.24, 2.45) is 0 Å². The van der Waals surface area contributed by atoms with Gasteiger partial charge in [0.2, 0.25) is 0 Å². The molecule has 0 radical (unpaired) electrons. The van der Waals surface area contributed by atoms with Gasteiger partial charge in [-0.1, -0.05) is 29.8 Å². The summed E-state index contributed by atoms with van der Waals surface area (Å²) >= 11 is 6.47. The molecule has 4 rings (SSSR count). The van der Waals surface area contributed by atoms with E-state index in [2.05, 4.69) is 23.9 Å². The number of aromatic nitrogens is 2. The van der Waals surface area contributed by atoms with Crippen LogP contribution in [0.5, 0.6) is 0 Å². The summed E-state index contributed by atoms with van der Waals surface area (Å²) in [6, 6.07) is 14.7. The van der Waals surface area contributed by atoms with Gasteiger partial charge in [-0.15, -0.1) is 0 Å². The normalized spacial score (nSPS) is 17.5. The number of hydrogen-bond acceptors (Lipinski definition) is 3. The number of benzene rings is 2. The minimum absolute atomic E-state index is 0.255. The molecule has 1 aromatic heterocycles. The zero-order valence-electron chi connectivity index (χ0n) is 16.1. The minimum atomic E-state index is -0.255. The van der Waals surface area contributed by atoms with Crippen molar-refractivity contribution in [3.8, 4) is 16.9 Å². The Labute approximate surface area is 170 Å². The molecule has 0 unspecified atom stereocenters. The molecule has 4 nitrogen and oxygen atoms in total. The quantitative estimate of drug-likeness (QED) is 0.633. The fourth-order valence-electron chi connectivity index (χ4n) is 3.75. The van der Waals surface area contributed by atoms with Gasteiger partial charge in [-0.25, -0.2) is 9.07 Å². The lowest BCUT2D eigenvalue weighted by Crippen LogP contribution is -2.31. The smallest absolute Gasteiger partial charge is 0.123 e. The van der Waals surface area contributed by atoms with Gasteiger partial charge in [0.05, 0.1) is 16.4 Å². The molecule has 0 spiro atoms. The Morgan fingerprint density at radius 3 is 2.57 bits per heavy atom. The topological polar surface area (TPSA) is 24.3 Å². The van der Waals surface area contributed by atoms with Gasteiger partial charge in [0.25, 0.3) is 0 Å². The molecule has 1 fully saturated rings.